The van der Waals surface area contributed by atoms with E-state index in [2.05, 4.69) is 53.1 Å². The van der Waals surface area contributed by atoms with E-state index < -0.39 is 0 Å². The highest BCUT2D eigenvalue weighted by atomic mass is 127. The van der Waals surface area contributed by atoms with E-state index in [1.807, 2.05) is 0 Å². The van der Waals surface area contributed by atoms with Gasteiger partial charge in [-0.25, -0.2) is 4.98 Å². The van der Waals surface area contributed by atoms with E-state index in [-0.39, 0.29) is 24.0 Å². The van der Waals surface area contributed by atoms with Crippen molar-refractivity contribution in [3.63, 3.8) is 0 Å². The van der Waals surface area contributed by atoms with E-state index in [0.717, 1.165) is 58.2 Å². The number of likely N-dealkylation sites (tertiary alicyclic amines) is 2. The highest BCUT2D eigenvalue weighted by Gasteiger charge is 2.28. The summed E-state index contributed by atoms with van der Waals surface area (Å²) in [5.41, 5.74) is 1.25. The molecule has 1 aromatic rings. The minimum atomic E-state index is 0. The van der Waals surface area contributed by atoms with Crippen LogP contribution in [-0.4, -0.2) is 84.0 Å². The highest BCUT2D eigenvalue weighted by Crippen LogP contribution is 2.21. The molecular formula is C23H43IN6S. The monoisotopic (exact) mass is 562 g/mol. The zero-order valence-corrected chi connectivity index (χ0v) is 23.1. The lowest BCUT2D eigenvalue weighted by atomic mass is 9.97. The second-order valence-corrected chi connectivity index (χ2v) is 9.55. The van der Waals surface area contributed by atoms with Gasteiger partial charge in [-0.1, -0.05) is 20.8 Å². The normalized spacial score (nSPS) is 21.0. The summed E-state index contributed by atoms with van der Waals surface area (Å²) in [6.45, 7) is 18.7. The molecule has 0 amide bonds. The molecule has 1 N–H and O–H groups in total. The Labute approximate surface area is 210 Å². The molecule has 0 spiro atoms. The molecule has 2 saturated heterocycles. The summed E-state index contributed by atoms with van der Waals surface area (Å²) in [7, 11) is 0. The maximum atomic E-state index is 5.07. The Kier molecular flexibility index (Phi) is 12.1. The molecule has 6 nitrogen and oxygen atoms in total. The van der Waals surface area contributed by atoms with Crippen molar-refractivity contribution in [2.24, 2.45) is 10.9 Å². The molecule has 178 valence electrons. The smallest absolute Gasteiger partial charge is 0.193 e. The number of hydrogen-bond acceptors (Lipinski definition) is 5. The van der Waals surface area contributed by atoms with Crippen LogP contribution in [0.3, 0.4) is 0 Å². The van der Waals surface area contributed by atoms with E-state index >= 15 is 0 Å². The van der Waals surface area contributed by atoms with E-state index in [1.54, 1.807) is 11.3 Å². The molecule has 1 aromatic heterocycles. The number of thiazole rings is 1. The average Bonchev–Trinajstić information content (AvgIpc) is 3.43. The molecule has 0 bridgehead atoms. The fraction of sp³-hybridized carbons (Fsp3) is 0.826. The lowest BCUT2D eigenvalue weighted by Gasteiger charge is -2.31. The van der Waals surface area contributed by atoms with E-state index in [0.29, 0.717) is 12.0 Å². The summed E-state index contributed by atoms with van der Waals surface area (Å²) in [6.07, 6.45) is 4.79. The van der Waals surface area contributed by atoms with Crippen molar-refractivity contribution in [3.8, 4) is 0 Å². The van der Waals surface area contributed by atoms with Crippen LogP contribution < -0.4 is 5.32 Å². The van der Waals surface area contributed by atoms with Crippen LogP contribution in [0.15, 0.2) is 10.4 Å². The van der Waals surface area contributed by atoms with E-state index in [1.165, 1.54) is 43.1 Å². The van der Waals surface area contributed by atoms with Crippen molar-refractivity contribution < 1.29 is 0 Å². The Morgan fingerprint density at radius 3 is 2.52 bits per heavy atom. The van der Waals surface area contributed by atoms with Crippen molar-refractivity contribution in [2.45, 2.75) is 66.0 Å². The van der Waals surface area contributed by atoms with Gasteiger partial charge in [-0.2, -0.15) is 0 Å². The minimum Gasteiger partial charge on any atom is -0.357 e. The fourth-order valence-corrected chi connectivity index (χ4v) is 5.49. The Bertz CT molecular complexity index is 654. The average molecular weight is 563 g/mol. The number of guanidine groups is 1. The van der Waals surface area contributed by atoms with Crippen LogP contribution in [0.25, 0.3) is 0 Å². The van der Waals surface area contributed by atoms with E-state index in [4.69, 9.17) is 9.98 Å². The summed E-state index contributed by atoms with van der Waals surface area (Å²) in [4.78, 5) is 17.4. The van der Waals surface area contributed by atoms with Crippen molar-refractivity contribution in [1.29, 1.82) is 0 Å². The predicted molar refractivity (Wildman–Crippen MR) is 144 cm³/mol. The molecule has 8 heteroatoms. The fourth-order valence-electron chi connectivity index (χ4n) is 4.75. The van der Waals surface area contributed by atoms with Gasteiger partial charge in [0.15, 0.2) is 5.96 Å². The lowest BCUT2D eigenvalue weighted by Crippen LogP contribution is -2.43. The molecule has 2 fully saturated rings. The van der Waals surface area contributed by atoms with Crippen molar-refractivity contribution in [1.82, 2.24) is 25.0 Å². The van der Waals surface area contributed by atoms with Gasteiger partial charge >= 0.3 is 0 Å². The molecule has 3 rings (SSSR count). The third kappa shape index (κ3) is 7.82. The third-order valence-corrected chi connectivity index (χ3v) is 7.66. The SMILES string of the molecule is CCNC(=NCC1CCN(Cc2csc(CC)n2)CC1)N1CCC(N(CC)CC)C1.I. The molecule has 0 aliphatic carbocycles. The number of likely N-dealkylation sites (N-methyl/N-ethyl adjacent to an activating group) is 1. The minimum absolute atomic E-state index is 0. The van der Waals surface area contributed by atoms with Crippen LogP contribution in [0.1, 0.15) is 57.7 Å². The summed E-state index contributed by atoms with van der Waals surface area (Å²) in [5, 5.41) is 7.04. The number of nitrogens with one attached hydrogen (secondary N) is 1. The van der Waals surface area contributed by atoms with Gasteiger partial charge < -0.3 is 10.2 Å². The Hall–Kier alpha value is -0.450. The Balaban J connectivity index is 0.00000341. The summed E-state index contributed by atoms with van der Waals surface area (Å²) >= 11 is 1.80. The summed E-state index contributed by atoms with van der Waals surface area (Å²) in [5.74, 6) is 1.84. The van der Waals surface area contributed by atoms with Crippen molar-refractivity contribution in [3.05, 3.63) is 16.1 Å². The summed E-state index contributed by atoms with van der Waals surface area (Å²) < 4.78 is 0. The third-order valence-electron chi connectivity index (χ3n) is 6.62. The lowest BCUT2D eigenvalue weighted by molar-refractivity contribution is 0.179. The maximum absolute atomic E-state index is 5.07. The maximum Gasteiger partial charge on any atom is 0.193 e. The van der Waals surface area contributed by atoms with Crippen LogP contribution >= 0.6 is 35.3 Å². The molecule has 31 heavy (non-hydrogen) atoms. The van der Waals surface area contributed by atoms with Gasteiger partial charge in [0, 0.05) is 44.1 Å². The molecule has 0 saturated carbocycles. The number of rotatable bonds is 9. The number of aliphatic imine (C=N–C) groups is 1. The predicted octanol–water partition coefficient (Wildman–Crippen LogP) is 3.92. The van der Waals surface area contributed by atoms with Crippen molar-refractivity contribution >= 4 is 41.3 Å². The quantitative estimate of drug-likeness (QED) is 0.281. The number of aryl methyl sites for hydroxylation is 1. The van der Waals surface area contributed by atoms with Gasteiger partial charge in [-0.3, -0.25) is 14.8 Å². The van der Waals surface area contributed by atoms with Crippen LogP contribution in [0.5, 0.6) is 0 Å². The number of aromatic nitrogens is 1. The molecule has 0 radical (unpaired) electrons. The summed E-state index contributed by atoms with van der Waals surface area (Å²) in [6, 6.07) is 0.672. The zero-order valence-electron chi connectivity index (χ0n) is 20.0. The zero-order chi connectivity index (χ0) is 21.3. The number of halogens is 1. The van der Waals surface area contributed by atoms with Crippen LogP contribution in [0.2, 0.25) is 0 Å². The Morgan fingerprint density at radius 1 is 1.16 bits per heavy atom. The first-order valence-electron chi connectivity index (χ1n) is 12.1. The number of nitrogens with zero attached hydrogens (tertiary/aromatic N) is 5. The first-order chi connectivity index (χ1) is 14.7. The topological polar surface area (TPSA) is 47.0 Å². The molecule has 1 unspecified atom stereocenters. The second-order valence-electron chi connectivity index (χ2n) is 8.61. The van der Waals surface area contributed by atoms with Gasteiger partial charge in [-0.05, 0) is 64.7 Å². The number of piperidine rings is 1. The molecular weight excluding hydrogens is 519 g/mol. The molecule has 0 aromatic carbocycles. The van der Waals surface area contributed by atoms with Gasteiger partial charge in [-0.15, -0.1) is 35.3 Å². The largest absolute Gasteiger partial charge is 0.357 e. The van der Waals surface area contributed by atoms with Gasteiger partial charge in [0.25, 0.3) is 0 Å². The molecule has 1 atom stereocenters. The standard InChI is InChI=1S/C23H42N6S.HI/c1-5-22-26-20(18-30-22)16-27-12-9-19(10-13-27)15-25-23(24-6-2)29-14-11-21(17-29)28(7-3)8-4;/h18-19,21H,5-17H2,1-4H3,(H,24,25);1H. The van der Waals surface area contributed by atoms with Crippen LogP contribution in [0, 0.1) is 5.92 Å². The highest BCUT2D eigenvalue weighted by molar-refractivity contribution is 14.0. The molecule has 2 aliphatic rings. The Morgan fingerprint density at radius 2 is 1.90 bits per heavy atom. The van der Waals surface area contributed by atoms with E-state index in [9.17, 15) is 0 Å². The van der Waals surface area contributed by atoms with Gasteiger partial charge in [0.1, 0.15) is 0 Å². The van der Waals surface area contributed by atoms with Gasteiger partial charge in [0.05, 0.1) is 10.7 Å². The second kappa shape index (κ2) is 14.0. The first-order valence-corrected chi connectivity index (χ1v) is 13.0. The number of hydrogen-bond donors (Lipinski definition) is 1. The first kappa shape index (κ1) is 26.8. The molecule has 2 aliphatic heterocycles. The van der Waals surface area contributed by atoms with Crippen molar-refractivity contribution in [2.75, 3.05) is 52.4 Å². The van der Waals surface area contributed by atoms with Crippen LogP contribution in [-0.2, 0) is 13.0 Å². The van der Waals surface area contributed by atoms with Crippen LogP contribution in [0.4, 0.5) is 0 Å². The van der Waals surface area contributed by atoms with Gasteiger partial charge in [0.2, 0.25) is 0 Å². The molecule has 3 heterocycles.